The lowest BCUT2D eigenvalue weighted by Gasteiger charge is -2.48. The lowest BCUT2D eigenvalue weighted by molar-refractivity contribution is -0.842. The molecule has 0 radical (unpaired) electrons. The second kappa shape index (κ2) is 12.2. The summed E-state index contributed by atoms with van der Waals surface area (Å²) in [5, 5.41) is 16.0. The average Bonchev–Trinajstić information content (AvgIpc) is 3.56. The van der Waals surface area contributed by atoms with E-state index >= 15 is 9.18 Å². The van der Waals surface area contributed by atoms with Crippen LogP contribution in [0.3, 0.4) is 0 Å². The maximum Gasteiger partial charge on any atom is 0.322 e. The summed E-state index contributed by atoms with van der Waals surface area (Å²) in [5.41, 5.74) is -3.01. The van der Waals surface area contributed by atoms with Crippen molar-refractivity contribution in [3.8, 4) is 0 Å². The molecule has 0 bridgehead atoms. The molecule has 3 fully saturated rings. The lowest BCUT2D eigenvalue weighted by Crippen LogP contribution is -2.67. The van der Waals surface area contributed by atoms with Gasteiger partial charge >= 0.3 is 5.91 Å². The number of hydrogen-bond donors (Lipinski definition) is 3. The monoisotopic (exact) mass is 641 g/mol. The van der Waals surface area contributed by atoms with Crippen LogP contribution in [0.1, 0.15) is 78.2 Å². The van der Waals surface area contributed by atoms with Crippen LogP contribution in [-0.2, 0) is 14.4 Å². The maximum absolute atomic E-state index is 15.3. The van der Waals surface area contributed by atoms with E-state index in [1.807, 2.05) is 20.8 Å². The van der Waals surface area contributed by atoms with Crippen molar-refractivity contribution in [3.05, 3.63) is 35.4 Å². The van der Waals surface area contributed by atoms with Gasteiger partial charge in [-0.1, -0.05) is 26.8 Å². The molecule has 5 atom stereocenters. The molecular weight excluding hydrogens is 592 g/mol. The first-order chi connectivity index (χ1) is 20.8. The Bertz CT molecular complexity index is 1310. The van der Waals surface area contributed by atoms with Crippen molar-refractivity contribution >= 4 is 17.7 Å². The van der Waals surface area contributed by atoms with Gasteiger partial charge in [0.1, 0.15) is 23.6 Å². The number of halogens is 4. The van der Waals surface area contributed by atoms with Gasteiger partial charge in [-0.2, -0.15) is 0 Å². The maximum atomic E-state index is 15.3. The molecular formula is C33H49F4N4O4+. The number of rotatable bonds is 7. The first-order valence-electron chi connectivity index (χ1n) is 15.8. The zero-order valence-corrected chi connectivity index (χ0v) is 27.5. The summed E-state index contributed by atoms with van der Waals surface area (Å²) >= 11 is 0. The van der Waals surface area contributed by atoms with E-state index in [4.69, 9.17) is 0 Å². The number of aliphatic hydroxyl groups excluding tert-OH is 1. The number of carbonyl (C=O) groups is 3. The molecule has 252 valence electrons. The Morgan fingerprint density at radius 2 is 1.71 bits per heavy atom. The summed E-state index contributed by atoms with van der Waals surface area (Å²) < 4.78 is 57.3. The molecule has 1 saturated carbocycles. The van der Waals surface area contributed by atoms with Crippen molar-refractivity contribution in [2.75, 3.05) is 40.3 Å². The van der Waals surface area contributed by atoms with Gasteiger partial charge in [0.25, 0.3) is 5.91 Å². The third-order valence-corrected chi connectivity index (χ3v) is 10.9. The molecule has 3 aliphatic rings. The van der Waals surface area contributed by atoms with E-state index in [0.29, 0.717) is 0 Å². The molecule has 3 amide bonds. The van der Waals surface area contributed by atoms with Gasteiger partial charge in [-0.05, 0) is 43.7 Å². The van der Waals surface area contributed by atoms with Crippen LogP contribution in [-0.4, -0.2) is 96.6 Å². The summed E-state index contributed by atoms with van der Waals surface area (Å²) in [6, 6.07) is 1.21. The van der Waals surface area contributed by atoms with Gasteiger partial charge in [0.15, 0.2) is 6.04 Å². The zero-order valence-electron chi connectivity index (χ0n) is 27.5. The molecule has 4 rings (SSSR count). The number of nitrogens with zero attached hydrogens (tertiary/aromatic N) is 2. The Balaban J connectivity index is 1.83. The molecule has 1 aliphatic carbocycles. The molecule has 2 aliphatic heterocycles. The standard InChI is InChI=1S/C33H48F4N4O4/c1-30(2,3)33(18-39-16-24(33)23-9-8-20(34)14-25(23)35)29(45)41(7)17-22(15-26(41)27(43)38-6)40(28(44)31(4,5)19-42)21-10-12-32(36,37)13-11-21/h8-9,14,21-22,24,26,39,42H,10-13,15-19H2,1-7H3/p+1/t22-,24-,26-,33+,41?/m0/s1. The van der Waals surface area contributed by atoms with E-state index in [1.165, 1.54) is 19.2 Å². The quantitative estimate of drug-likeness (QED) is 0.309. The van der Waals surface area contributed by atoms with Crippen LogP contribution in [0, 0.1) is 27.9 Å². The van der Waals surface area contributed by atoms with Crippen molar-refractivity contribution in [1.82, 2.24) is 15.5 Å². The predicted molar refractivity (Wildman–Crippen MR) is 161 cm³/mol. The number of carbonyl (C=O) groups excluding carboxylic acids is 3. The number of likely N-dealkylation sites (tertiary alicyclic amines) is 1. The molecule has 1 unspecified atom stereocenters. The molecule has 12 heteroatoms. The van der Waals surface area contributed by atoms with Crippen LogP contribution in [0.2, 0.25) is 0 Å². The summed E-state index contributed by atoms with van der Waals surface area (Å²) in [6.45, 7) is 8.86. The summed E-state index contributed by atoms with van der Waals surface area (Å²) in [5.74, 6) is -6.14. The summed E-state index contributed by atoms with van der Waals surface area (Å²) in [4.78, 5) is 44.5. The smallest absolute Gasteiger partial charge is 0.322 e. The Morgan fingerprint density at radius 1 is 1.09 bits per heavy atom. The molecule has 0 spiro atoms. The van der Waals surface area contributed by atoms with Crippen molar-refractivity contribution < 1.29 is 41.5 Å². The number of hydrogen-bond acceptors (Lipinski definition) is 5. The van der Waals surface area contributed by atoms with Gasteiger partial charge < -0.3 is 20.6 Å². The molecule has 2 heterocycles. The molecule has 0 aromatic heterocycles. The van der Waals surface area contributed by atoms with Gasteiger partial charge in [0.05, 0.1) is 25.1 Å². The van der Waals surface area contributed by atoms with Crippen molar-refractivity contribution in [2.45, 2.75) is 96.7 Å². The fourth-order valence-corrected chi connectivity index (χ4v) is 8.10. The molecule has 8 nitrogen and oxygen atoms in total. The topological polar surface area (TPSA) is 98.7 Å². The normalized spacial score (nSPS) is 30.7. The van der Waals surface area contributed by atoms with E-state index in [9.17, 15) is 27.9 Å². The van der Waals surface area contributed by atoms with Crippen molar-refractivity contribution in [3.63, 3.8) is 0 Å². The van der Waals surface area contributed by atoms with Crippen LogP contribution < -0.4 is 10.6 Å². The number of alkyl halides is 2. The Hall–Kier alpha value is -2.57. The van der Waals surface area contributed by atoms with Crippen molar-refractivity contribution in [1.29, 1.82) is 0 Å². The van der Waals surface area contributed by atoms with E-state index < -0.39 is 80.7 Å². The second-order valence-corrected chi connectivity index (χ2v) is 15.2. The highest BCUT2D eigenvalue weighted by molar-refractivity contribution is 5.87. The average molecular weight is 642 g/mol. The third-order valence-electron chi connectivity index (χ3n) is 10.9. The number of likely N-dealkylation sites (N-methyl/N-ethyl adjacent to an activating group) is 2. The highest BCUT2D eigenvalue weighted by atomic mass is 19.3. The number of quaternary nitrogens is 1. The summed E-state index contributed by atoms with van der Waals surface area (Å²) in [6.07, 6.45) is -0.560. The minimum absolute atomic E-state index is 0.0352. The summed E-state index contributed by atoms with van der Waals surface area (Å²) in [7, 11) is 3.14. The predicted octanol–water partition coefficient (Wildman–Crippen LogP) is 3.97. The van der Waals surface area contributed by atoms with E-state index in [0.717, 1.165) is 6.07 Å². The lowest BCUT2D eigenvalue weighted by atomic mass is 9.58. The van der Waals surface area contributed by atoms with Crippen LogP contribution in [0.25, 0.3) is 0 Å². The number of amides is 3. The molecule has 1 aromatic carbocycles. The van der Waals surface area contributed by atoms with E-state index in [-0.39, 0.29) is 63.2 Å². The first-order valence-corrected chi connectivity index (χ1v) is 15.8. The van der Waals surface area contributed by atoms with Crippen molar-refractivity contribution in [2.24, 2.45) is 16.2 Å². The molecule has 1 aromatic rings. The van der Waals surface area contributed by atoms with Gasteiger partial charge in [0.2, 0.25) is 11.8 Å². The number of benzene rings is 1. The van der Waals surface area contributed by atoms with Gasteiger partial charge in [-0.3, -0.25) is 14.1 Å². The Kier molecular flexibility index (Phi) is 9.59. The molecule has 2 saturated heterocycles. The van der Waals surface area contributed by atoms with Gasteiger partial charge in [-0.15, -0.1) is 0 Å². The third kappa shape index (κ3) is 6.14. The molecule has 45 heavy (non-hydrogen) atoms. The van der Waals surface area contributed by atoms with E-state index in [1.54, 1.807) is 25.8 Å². The Morgan fingerprint density at radius 3 is 2.24 bits per heavy atom. The first kappa shape index (κ1) is 35.3. The zero-order chi connectivity index (χ0) is 33.8. The van der Waals surface area contributed by atoms with Crippen LogP contribution in [0.5, 0.6) is 0 Å². The van der Waals surface area contributed by atoms with Crippen LogP contribution in [0.4, 0.5) is 17.6 Å². The van der Waals surface area contributed by atoms with Crippen LogP contribution >= 0.6 is 0 Å². The van der Waals surface area contributed by atoms with Gasteiger partial charge in [0, 0.05) is 57.4 Å². The van der Waals surface area contributed by atoms with E-state index in [2.05, 4.69) is 10.6 Å². The fourth-order valence-electron chi connectivity index (χ4n) is 8.10. The fraction of sp³-hybridized carbons (Fsp3) is 0.727. The highest BCUT2D eigenvalue weighted by Gasteiger charge is 2.67. The van der Waals surface area contributed by atoms with Gasteiger partial charge in [-0.25, -0.2) is 22.4 Å². The SMILES string of the molecule is CNC(=O)[C@@H]1C[C@H](N(C(=O)C(C)(C)CO)C2CCC(F)(F)CC2)C[N+]1(C)C(=O)[C@@]1(C(C)(C)C)CNC[C@H]1c1ccc(F)cc1F. The number of nitrogens with one attached hydrogen (secondary N) is 2. The second-order valence-electron chi connectivity index (χ2n) is 15.2. The number of aliphatic hydroxyl groups is 1. The van der Waals surface area contributed by atoms with Crippen LogP contribution in [0.15, 0.2) is 18.2 Å². The minimum atomic E-state index is -2.84. The Labute approximate surface area is 263 Å². The minimum Gasteiger partial charge on any atom is -0.395 e. The highest BCUT2D eigenvalue weighted by Crippen LogP contribution is 2.55. The largest absolute Gasteiger partial charge is 0.395 e. The molecule has 3 N–H and O–H groups in total.